The number of aromatic nitrogens is 1. The fourth-order valence-electron chi connectivity index (χ4n) is 5.44. The van der Waals surface area contributed by atoms with Crippen LogP contribution in [0.4, 0.5) is 11.4 Å². The van der Waals surface area contributed by atoms with Crippen LogP contribution >= 0.6 is 27.3 Å². The Hall–Kier alpha value is -4.40. The molecule has 0 saturated carbocycles. The third kappa shape index (κ3) is 4.79. The van der Waals surface area contributed by atoms with Crippen LogP contribution in [-0.2, 0) is 6.42 Å². The van der Waals surface area contributed by atoms with E-state index in [4.69, 9.17) is 4.99 Å². The lowest BCUT2D eigenvalue weighted by Gasteiger charge is -2.30. The molecule has 0 fully saturated rings. The third-order valence-corrected chi connectivity index (χ3v) is 8.91. The highest BCUT2D eigenvalue weighted by molar-refractivity contribution is 9.10. The van der Waals surface area contributed by atoms with Gasteiger partial charge in [-0.2, -0.15) is 10.2 Å². The van der Waals surface area contributed by atoms with Gasteiger partial charge < -0.3 is 5.11 Å². The van der Waals surface area contributed by atoms with Crippen LogP contribution in [0.3, 0.4) is 0 Å². The van der Waals surface area contributed by atoms with Gasteiger partial charge in [0.2, 0.25) is 0 Å². The molecule has 0 bridgehead atoms. The first-order valence-corrected chi connectivity index (χ1v) is 14.8. The molecule has 1 aliphatic heterocycles. The number of aryl methyl sites for hydroxylation is 1. The van der Waals surface area contributed by atoms with Gasteiger partial charge >= 0.3 is 0 Å². The highest BCUT2D eigenvalue weighted by Crippen LogP contribution is 2.41. The smallest absolute Gasteiger partial charge is 0.271 e. The number of benzene rings is 4. The van der Waals surface area contributed by atoms with Crippen LogP contribution in [0.15, 0.2) is 127 Å². The molecule has 8 heteroatoms. The predicted molar refractivity (Wildman–Crippen MR) is 166 cm³/mol. The minimum atomic E-state index is -0.251. The maximum Gasteiger partial charge on any atom is 0.271 e. The first-order valence-electron chi connectivity index (χ1n) is 13.2. The van der Waals surface area contributed by atoms with Crippen LogP contribution in [0, 0.1) is 0 Å². The Balaban J connectivity index is 1.34. The van der Waals surface area contributed by atoms with Gasteiger partial charge in [-0.1, -0.05) is 81.9 Å². The highest BCUT2D eigenvalue weighted by atomic mass is 79.9. The van der Waals surface area contributed by atoms with E-state index >= 15 is 0 Å². The molecule has 0 saturated heterocycles. The van der Waals surface area contributed by atoms with Gasteiger partial charge in [0.05, 0.1) is 27.6 Å². The lowest BCUT2D eigenvalue weighted by Crippen LogP contribution is -2.38. The number of phenols is 1. The van der Waals surface area contributed by atoms with Crippen molar-refractivity contribution < 1.29 is 5.11 Å². The zero-order valence-corrected chi connectivity index (χ0v) is 24.1. The molecule has 1 aliphatic carbocycles. The van der Waals surface area contributed by atoms with Crippen LogP contribution in [0.25, 0.3) is 11.8 Å². The van der Waals surface area contributed by atoms with Gasteiger partial charge in [0.25, 0.3) is 5.56 Å². The summed E-state index contributed by atoms with van der Waals surface area (Å²) in [5.41, 5.74) is 7.21. The molecule has 4 aromatic carbocycles. The number of aromatic hydroxyl groups is 1. The van der Waals surface area contributed by atoms with Crippen molar-refractivity contribution in [2.24, 2.45) is 15.2 Å². The summed E-state index contributed by atoms with van der Waals surface area (Å²) in [6.07, 6.45) is 3.47. The van der Waals surface area contributed by atoms with Crippen molar-refractivity contribution in [3.63, 3.8) is 0 Å². The van der Waals surface area contributed by atoms with E-state index in [-0.39, 0.29) is 17.4 Å². The number of halogens is 1. The Bertz CT molecular complexity index is 2040. The molecule has 1 atom stereocenters. The predicted octanol–water partition coefficient (Wildman–Crippen LogP) is 7.20. The standard InChI is InChI=1S/C33H23BrN4O2S/c34-23-14-10-21(11-15-23)31-27-17-13-20-6-4-5-9-26(20)30(27)35-33-38(31)32(40)29(41-33)18-22-12-16-25(19-28(22)39)37-36-24-7-2-1-3-8-24/h1-12,14-16,18-19,31,39H,13,17H2/b29-18-,37-36?/t31-/m1/s1. The molecule has 0 spiro atoms. The summed E-state index contributed by atoms with van der Waals surface area (Å²) in [6.45, 7) is 0. The number of rotatable bonds is 4. The molecule has 7 rings (SSSR count). The zero-order valence-electron chi connectivity index (χ0n) is 21.7. The van der Waals surface area contributed by atoms with E-state index < -0.39 is 0 Å². The van der Waals surface area contributed by atoms with E-state index in [9.17, 15) is 9.90 Å². The van der Waals surface area contributed by atoms with Crippen LogP contribution in [0.5, 0.6) is 5.75 Å². The lowest BCUT2D eigenvalue weighted by molar-refractivity contribution is 0.474. The summed E-state index contributed by atoms with van der Waals surface area (Å²) in [7, 11) is 0. The second-order valence-electron chi connectivity index (χ2n) is 9.94. The van der Waals surface area contributed by atoms with E-state index in [1.807, 2.05) is 53.1 Å². The monoisotopic (exact) mass is 618 g/mol. The lowest BCUT2D eigenvalue weighted by atomic mass is 9.83. The molecule has 0 amide bonds. The summed E-state index contributed by atoms with van der Waals surface area (Å²) in [4.78, 5) is 19.7. The number of fused-ring (bicyclic) bond motifs is 3. The van der Waals surface area contributed by atoms with Gasteiger partial charge in [-0.25, -0.2) is 4.99 Å². The fourth-order valence-corrected chi connectivity index (χ4v) is 6.69. The zero-order chi connectivity index (χ0) is 27.9. The summed E-state index contributed by atoms with van der Waals surface area (Å²) in [5.74, 6) is 0.0260. The van der Waals surface area contributed by atoms with E-state index in [1.54, 1.807) is 24.3 Å². The summed E-state index contributed by atoms with van der Waals surface area (Å²) in [6, 6.07) is 30.8. The number of allylic oxidation sites excluding steroid dienone is 1. The second-order valence-corrected chi connectivity index (χ2v) is 11.9. The van der Waals surface area contributed by atoms with E-state index in [1.165, 1.54) is 16.9 Å². The molecule has 2 aliphatic rings. The average Bonchev–Trinajstić information content (AvgIpc) is 3.31. The fraction of sp³-hybridized carbons (Fsp3) is 0.0909. The van der Waals surface area contributed by atoms with Gasteiger partial charge in [-0.15, -0.1) is 0 Å². The molecule has 200 valence electrons. The van der Waals surface area contributed by atoms with E-state index in [2.05, 4.69) is 56.5 Å². The first kappa shape index (κ1) is 25.6. The molecule has 0 radical (unpaired) electrons. The number of phenolic OH excluding ortho intramolecular Hbond substituents is 1. The van der Waals surface area contributed by atoms with Crippen molar-refractivity contribution in [1.29, 1.82) is 0 Å². The van der Waals surface area contributed by atoms with Crippen molar-refractivity contribution in [2.45, 2.75) is 18.9 Å². The maximum atomic E-state index is 14.0. The quantitative estimate of drug-likeness (QED) is 0.216. The summed E-state index contributed by atoms with van der Waals surface area (Å²) < 4.78 is 3.30. The Kier molecular flexibility index (Phi) is 6.57. The van der Waals surface area contributed by atoms with Gasteiger partial charge in [0.15, 0.2) is 4.80 Å². The second kappa shape index (κ2) is 10.5. The number of nitrogens with zero attached hydrogens (tertiary/aromatic N) is 4. The Morgan fingerprint density at radius 3 is 2.46 bits per heavy atom. The molecule has 41 heavy (non-hydrogen) atoms. The first-order chi connectivity index (χ1) is 20.0. The molecule has 2 heterocycles. The summed E-state index contributed by atoms with van der Waals surface area (Å²) >= 11 is 4.88. The van der Waals surface area contributed by atoms with E-state index in [0.717, 1.165) is 45.4 Å². The summed E-state index contributed by atoms with van der Waals surface area (Å²) in [5, 5.41) is 19.2. The van der Waals surface area contributed by atoms with Crippen molar-refractivity contribution in [2.75, 3.05) is 0 Å². The molecule has 5 aromatic rings. The largest absolute Gasteiger partial charge is 0.507 e. The van der Waals surface area contributed by atoms with Crippen molar-refractivity contribution in [3.8, 4) is 5.75 Å². The van der Waals surface area contributed by atoms with Gasteiger partial charge in [-0.05, 0) is 72.0 Å². The maximum absolute atomic E-state index is 14.0. The molecular weight excluding hydrogens is 596 g/mol. The third-order valence-electron chi connectivity index (χ3n) is 7.40. The highest BCUT2D eigenvalue weighted by Gasteiger charge is 2.32. The Morgan fingerprint density at radius 1 is 0.902 bits per heavy atom. The van der Waals surface area contributed by atoms with Crippen LogP contribution in [0.2, 0.25) is 0 Å². The average molecular weight is 620 g/mol. The molecular formula is C33H23BrN4O2S. The molecule has 1 N–H and O–H groups in total. The molecule has 1 aromatic heterocycles. The number of hydrogen-bond acceptors (Lipinski definition) is 6. The Morgan fingerprint density at radius 2 is 1.66 bits per heavy atom. The minimum absolute atomic E-state index is 0.0260. The van der Waals surface area contributed by atoms with Gasteiger partial charge in [0, 0.05) is 21.7 Å². The topological polar surface area (TPSA) is 79.3 Å². The molecule has 0 unspecified atom stereocenters. The normalized spacial score (nSPS) is 16.3. The van der Waals surface area contributed by atoms with Crippen LogP contribution < -0.4 is 14.9 Å². The van der Waals surface area contributed by atoms with Gasteiger partial charge in [-0.3, -0.25) is 9.36 Å². The van der Waals surface area contributed by atoms with Crippen molar-refractivity contribution in [3.05, 3.63) is 149 Å². The van der Waals surface area contributed by atoms with Crippen molar-refractivity contribution >= 4 is 50.4 Å². The van der Waals surface area contributed by atoms with E-state index in [0.29, 0.717) is 20.6 Å². The minimum Gasteiger partial charge on any atom is -0.507 e. The van der Waals surface area contributed by atoms with Crippen molar-refractivity contribution in [1.82, 2.24) is 4.57 Å². The van der Waals surface area contributed by atoms with Gasteiger partial charge in [0.1, 0.15) is 5.75 Å². The number of thiazole rings is 1. The number of hydrogen-bond donors (Lipinski definition) is 1. The van der Waals surface area contributed by atoms with Crippen LogP contribution in [-0.4, -0.2) is 9.67 Å². The molecule has 6 nitrogen and oxygen atoms in total. The Labute approximate surface area is 248 Å². The van der Waals surface area contributed by atoms with Crippen LogP contribution in [0.1, 0.15) is 34.7 Å². The number of azo groups is 1. The SMILES string of the molecule is O=c1/c(=C/c2ccc(N=Nc3ccccc3)cc2O)sc2n1[C@H](c1ccc(Br)cc1)C1=C(N=2)c2ccccc2CC1.